The zero-order chi connectivity index (χ0) is 27.1. The molecule has 1 heterocycles. The van der Waals surface area contributed by atoms with E-state index in [-0.39, 0.29) is 11.4 Å². The summed E-state index contributed by atoms with van der Waals surface area (Å²) in [5, 5.41) is 4.50. The lowest BCUT2D eigenvalue weighted by molar-refractivity contribution is -0.124. The second-order valence-electron chi connectivity index (χ2n) is 8.88. The van der Waals surface area contributed by atoms with Crippen LogP contribution in [0.15, 0.2) is 76.7 Å². The fourth-order valence-electron chi connectivity index (χ4n) is 4.23. The summed E-state index contributed by atoms with van der Waals surface area (Å²) in [5.74, 6) is 0.675. The summed E-state index contributed by atoms with van der Waals surface area (Å²) in [6.45, 7) is 5.04. The van der Waals surface area contributed by atoms with Gasteiger partial charge in [0.1, 0.15) is 12.6 Å². The Bertz CT molecular complexity index is 1410. The fourth-order valence-corrected chi connectivity index (χ4v) is 6.01. The van der Waals surface area contributed by atoms with Gasteiger partial charge in [0.15, 0.2) is 11.5 Å². The lowest BCUT2D eigenvalue weighted by Gasteiger charge is -2.22. The summed E-state index contributed by atoms with van der Waals surface area (Å²) >= 11 is 5.89. The molecule has 1 aliphatic rings. The van der Waals surface area contributed by atoms with E-state index in [1.165, 1.54) is 34.8 Å². The number of carbonyl (C=O) groups excluding carboxylic acids is 1. The number of rotatable bonds is 10. The largest absolute Gasteiger partial charge is 0.490 e. The first-order valence-corrected chi connectivity index (χ1v) is 14.2. The Kier molecular flexibility index (Phi) is 9.04. The summed E-state index contributed by atoms with van der Waals surface area (Å²) < 4.78 is 39.1. The lowest BCUT2D eigenvalue weighted by Crippen LogP contribution is -2.44. The number of nitrogens with zero attached hydrogens (tertiary/aromatic N) is 2. The van der Waals surface area contributed by atoms with Crippen LogP contribution in [0.4, 0.5) is 0 Å². The number of hydrogen-bond donors (Lipinski definition) is 1. The van der Waals surface area contributed by atoms with Crippen molar-refractivity contribution in [1.29, 1.82) is 0 Å². The molecular weight excluding hydrogens is 526 g/mol. The molecule has 8 nitrogen and oxygen atoms in total. The number of amides is 1. The minimum atomic E-state index is -3.84. The Labute approximate surface area is 228 Å². The number of halogens is 1. The third-order valence-corrected chi connectivity index (χ3v) is 8.23. The average molecular weight is 556 g/mol. The van der Waals surface area contributed by atoms with Crippen molar-refractivity contribution in [3.05, 3.63) is 88.4 Å². The zero-order valence-corrected chi connectivity index (χ0v) is 22.8. The quantitative estimate of drug-likeness (QED) is 0.282. The number of carbonyl (C=O) groups is 1. The van der Waals surface area contributed by atoms with E-state index in [2.05, 4.69) is 16.6 Å². The summed E-state index contributed by atoms with van der Waals surface area (Å²) in [4.78, 5) is 12.9. The SMILES string of the molecule is CCOc1cc(/C=N\NC(=O)[C@@H]2CCCN2S(=O)(=O)c2ccc(Cl)cc2)ccc1OCc1cccc(C)c1. The number of hydrazone groups is 1. The monoisotopic (exact) mass is 555 g/mol. The molecule has 0 saturated carbocycles. The molecule has 1 saturated heterocycles. The molecule has 0 bridgehead atoms. The minimum absolute atomic E-state index is 0.0956. The van der Waals surface area contributed by atoms with Gasteiger partial charge in [0.25, 0.3) is 5.91 Å². The van der Waals surface area contributed by atoms with Crippen LogP contribution in [0.3, 0.4) is 0 Å². The molecule has 4 rings (SSSR count). The van der Waals surface area contributed by atoms with Crippen molar-refractivity contribution in [3.63, 3.8) is 0 Å². The highest BCUT2D eigenvalue weighted by molar-refractivity contribution is 7.89. The third kappa shape index (κ3) is 6.72. The number of nitrogens with one attached hydrogen (secondary N) is 1. The second kappa shape index (κ2) is 12.4. The van der Waals surface area contributed by atoms with E-state index in [4.69, 9.17) is 21.1 Å². The second-order valence-corrected chi connectivity index (χ2v) is 11.2. The molecule has 0 aliphatic carbocycles. The normalized spacial score (nSPS) is 16.0. The number of benzene rings is 3. The Morgan fingerprint density at radius 3 is 2.63 bits per heavy atom. The van der Waals surface area contributed by atoms with Gasteiger partial charge in [-0.05, 0) is 80.3 Å². The van der Waals surface area contributed by atoms with Crippen LogP contribution in [0, 0.1) is 6.92 Å². The molecule has 3 aromatic rings. The van der Waals surface area contributed by atoms with E-state index in [1.807, 2.05) is 32.0 Å². The lowest BCUT2D eigenvalue weighted by atomic mass is 10.1. The maximum atomic E-state index is 13.1. The summed E-state index contributed by atoms with van der Waals surface area (Å²) in [6, 6.07) is 18.5. The summed E-state index contributed by atoms with van der Waals surface area (Å²) in [6.07, 6.45) is 2.48. The van der Waals surface area contributed by atoms with Crippen LogP contribution >= 0.6 is 11.6 Å². The summed E-state index contributed by atoms with van der Waals surface area (Å²) in [5.41, 5.74) is 5.39. The molecule has 1 fully saturated rings. The van der Waals surface area contributed by atoms with Crippen LogP contribution in [0.5, 0.6) is 11.5 Å². The average Bonchev–Trinajstić information content (AvgIpc) is 3.40. The molecule has 1 amide bonds. The van der Waals surface area contributed by atoms with E-state index in [1.54, 1.807) is 18.2 Å². The molecular formula is C28H30ClN3O5S. The molecule has 1 N–H and O–H groups in total. The molecule has 0 unspecified atom stereocenters. The van der Waals surface area contributed by atoms with Gasteiger partial charge >= 0.3 is 0 Å². The first-order valence-electron chi connectivity index (χ1n) is 12.3. The Balaban J connectivity index is 1.41. The maximum Gasteiger partial charge on any atom is 0.258 e. The highest BCUT2D eigenvalue weighted by Gasteiger charge is 2.39. The predicted molar refractivity (Wildman–Crippen MR) is 147 cm³/mol. The molecule has 3 aromatic carbocycles. The number of sulfonamides is 1. The van der Waals surface area contributed by atoms with E-state index >= 15 is 0 Å². The Morgan fingerprint density at radius 1 is 1.11 bits per heavy atom. The van der Waals surface area contributed by atoms with E-state index in [0.29, 0.717) is 48.1 Å². The van der Waals surface area contributed by atoms with Gasteiger partial charge in [-0.25, -0.2) is 13.8 Å². The molecule has 1 aliphatic heterocycles. The molecule has 200 valence electrons. The van der Waals surface area contributed by atoms with Crippen molar-refractivity contribution in [3.8, 4) is 11.5 Å². The van der Waals surface area contributed by atoms with Gasteiger partial charge in [0, 0.05) is 11.6 Å². The number of hydrogen-bond acceptors (Lipinski definition) is 6. The van der Waals surface area contributed by atoms with Crippen LogP contribution in [0.25, 0.3) is 0 Å². The molecule has 10 heteroatoms. The van der Waals surface area contributed by atoms with Crippen molar-refractivity contribution in [2.45, 2.75) is 44.2 Å². The topological polar surface area (TPSA) is 97.3 Å². The van der Waals surface area contributed by atoms with Crippen LogP contribution in [0.2, 0.25) is 5.02 Å². The van der Waals surface area contributed by atoms with Gasteiger partial charge in [-0.3, -0.25) is 4.79 Å². The number of ether oxygens (including phenoxy) is 2. The molecule has 38 heavy (non-hydrogen) atoms. The third-order valence-electron chi connectivity index (χ3n) is 6.06. The van der Waals surface area contributed by atoms with Crippen LogP contribution in [-0.2, 0) is 21.4 Å². The van der Waals surface area contributed by atoms with Crippen LogP contribution in [-0.4, -0.2) is 44.0 Å². The number of aryl methyl sites for hydroxylation is 1. The molecule has 1 atom stereocenters. The molecule has 0 spiro atoms. The van der Waals surface area contributed by atoms with Gasteiger partial charge in [0.05, 0.1) is 17.7 Å². The van der Waals surface area contributed by atoms with Crippen molar-refractivity contribution in [2.24, 2.45) is 5.10 Å². The van der Waals surface area contributed by atoms with Gasteiger partial charge in [-0.1, -0.05) is 41.4 Å². The van der Waals surface area contributed by atoms with Crippen LogP contribution in [0.1, 0.15) is 36.5 Å². The molecule has 0 aromatic heterocycles. The molecule has 0 radical (unpaired) electrons. The maximum absolute atomic E-state index is 13.1. The highest BCUT2D eigenvalue weighted by atomic mass is 35.5. The van der Waals surface area contributed by atoms with Crippen molar-refractivity contribution >= 4 is 33.7 Å². The Hall–Kier alpha value is -3.40. The van der Waals surface area contributed by atoms with Gasteiger partial charge < -0.3 is 9.47 Å². The van der Waals surface area contributed by atoms with Crippen molar-refractivity contribution in [1.82, 2.24) is 9.73 Å². The minimum Gasteiger partial charge on any atom is -0.490 e. The smallest absolute Gasteiger partial charge is 0.258 e. The zero-order valence-electron chi connectivity index (χ0n) is 21.3. The van der Waals surface area contributed by atoms with Gasteiger partial charge in [0.2, 0.25) is 10.0 Å². The predicted octanol–water partition coefficient (Wildman–Crippen LogP) is 4.93. The highest BCUT2D eigenvalue weighted by Crippen LogP contribution is 2.29. The van der Waals surface area contributed by atoms with Crippen molar-refractivity contribution < 1.29 is 22.7 Å². The van der Waals surface area contributed by atoms with E-state index in [0.717, 1.165) is 11.1 Å². The fraction of sp³-hybridized carbons (Fsp3) is 0.286. The van der Waals surface area contributed by atoms with E-state index in [9.17, 15) is 13.2 Å². The van der Waals surface area contributed by atoms with Crippen LogP contribution < -0.4 is 14.9 Å². The first kappa shape index (κ1) is 27.6. The Morgan fingerprint density at radius 2 is 1.89 bits per heavy atom. The van der Waals surface area contributed by atoms with Gasteiger partial charge in [-0.15, -0.1) is 0 Å². The first-order chi connectivity index (χ1) is 18.3. The van der Waals surface area contributed by atoms with Crippen molar-refractivity contribution in [2.75, 3.05) is 13.2 Å². The van der Waals surface area contributed by atoms with Gasteiger partial charge in [-0.2, -0.15) is 9.41 Å². The summed E-state index contributed by atoms with van der Waals surface area (Å²) in [7, 11) is -3.84. The van der Waals surface area contributed by atoms with E-state index < -0.39 is 22.0 Å². The standard InChI is InChI=1S/C28H30ClN3O5S/c1-3-36-27-17-21(9-14-26(27)37-19-22-7-4-6-20(2)16-22)18-30-31-28(33)25-8-5-15-32(25)38(34,35)24-12-10-23(29)11-13-24/h4,6-7,9-14,16-18,25H,3,5,8,15,19H2,1-2H3,(H,31,33)/b30-18-/t25-/m0/s1.